The van der Waals surface area contributed by atoms with Crippen molar-refractivity contribution in [3.63, 3.8) is 0 Å². The molecule has 0 aromatic carbocycles. The van der Waals surface area contributed by atoms with Gasteiger partial charge in [0, 0.05) is 10.8 Å². The first kappa shape index (κ1) is 70.9. The second kappa shape index (κ2) is 27.0. The van der Waals surface area contributed by atoms with Crippen molar-refractivity contribution >= 4 is 0 Å². The lowest BCUT2D eigenvalue weighted by molar-refractivity contribution is -0.375. The van der Waals surface area contributed by atoms with Crippen LogP contribution in [0, 0.1) is 51.2 Å². The molecule has 5 aliphatic heterocycles. The number of hydrogen-bond acceptors (Lipinski definition) is 28. The minimum absolute atomic E-state index is 0.00332. The van der Waals surface area contributed by atoms with Gasteiger partial charge in [0.1, 0.15) is 110 Å². The molecule has 0 amide bonds. The van der Waals surface area contributed by atoms with Gasteiger partial charge in [0.15, 0.2) is 25.2 Å². The van der Waals surface area contributed by atoms with Gasteiger partial charge in [-0.05, 0) is 99.7 Å². The quantitative estimate of drug-likeness (QED) is 0.0538. The van der Waals surface area contributed by atoms with Gasteiger partial charge in [-0.2, -0.15) is 0 Å². The first-order valence-electron chi connectivity index (χ1n) is 31.4. The number of allylic oxidation sites excluding steroid dienone is 1. The van der Waals surface area contributed by atoms with Gasteiger partial charge in [0.05, 0.1) is 75.1 Å². The summed E-state index contributed by atoms with van der Waals surface area (Å²) in [6.07, 6.45) is -35.8. The molecule has 8 fully saturated rings. The first-order valence-corrected chi connectivity index (χ1v) is 31.4. The molecule has 88 heavy (non-hydrogen) atoms. The van der Waals surface area contributed by atoms with Crippen molar-refractivity contribution in [1.82, 2.24) is 0 Å². The maximum absolute atomic E-state index is 12.9. The monoisotopic (exact) mass is 1270 g/mol. The summed E-state index contributed by atoms with van der Waals surface area (Å²) in [6.45, 7) is 12.4. The van der Waals surface area contributed by atoms with Crippen LogP contribution in [-0.2, 0) is 42.6 Å². The maximum atomic E-state index is 12.9. The third-order valence-corrected chi connectivity index (χ3v) is 23.2. The second-order valence-corrected chi connectivity index (χ2v) is 28.8. The van der Waals surface area contributed by atoms with Crippen molar-refractivity contribution in [1.29, 1.82) is 0 Å². The molecular weight excluding hydrogens is 1170 g/mol. The Labute approximate surface area is 512 Å². The lowest BCUT2D eigenvalue weighted by Crippen LogP contribution is -2.68. The van der Waals surface area contributed by atoms with E-state index in [0.29, 0.717) is 32.1 Å². The third-order valence-electron chi connectivity index (χ3n) is 23.2. The second-order valence-electron chi connectivity index (χ2n) is 28.8. The Morgan fingerprint density at radius 2 is 1.06 bits per heavy atom. The van der Waals surface area contributed by atoms with Crippen molar-refractivity contribution in [3.05, 3.63) is 11.6 Å². The SMILES string of the molecule is C[C@H](CC[C@@H](O[C@@H]1O[C@H](CO)[C@@H](O)[C@H](O)[C@H]1O[C@H]1O[C@@H](CO)[C@H](O)[C@@H](O)[C@@H]1O)C(C)(C)O)C1CC[C@@]2(C)C3CC=C4C(CC[C@H](O[C@@H]5O[C@H](CO[C@@H]6O[C@H](CO)[C@@H](O)[C@H](O)[C@H]6O)[C@@H](O)[C@H](O)[C@H]5C5O[C@@H](CO)[C@H](O)[C@@H](O)[C@@H]5O)C4(C)C)[C@]3(C)[C@H](O)C[C@]12C. The minimum Gasteiger partial charge on any atom is -0.394 e. The van der Waals surface area contributed by atoms with Crippen LogP contribution in [0.25, 0.3) is 0 Å². The van der Waals surface area contributed by atoms with Gasteiger partial charge in [0.2, 0.25) is 0 Å². The summed E-state index contributed by atoms with van der Waals surface area (Å²) in [5.74, 6) is -1.53. The van der Waals surface area contributed by atoms with Crippen molar-refractivity contribution in [2.45, 2.75) is 278 Å². The van der Waals surface area contributed by atoms with Crippen LogP contribution in [0.1, 0.15) is 107 Å². The van der Waals surface area contributed by atoms with Gasteiger partial charge in [0.25, 0.3) is 0 Å². The molecule has 0 aromatic rings. The zero-order valence-electron chi connectivity index (χ0n) is 51.4. The Hall–Kier alpha value is -1.38. The number of hydrogen-bond donors (Lipinski definition) is 19. The van der Waals surface area contributed by atoms with E-state index < -0.39 is 221 Å². The molecule has 4 unspecified atom stereocenters. The molecule has 5 saturated heterocycles. The summed E-state index contributed by atoms with van der Waals surface area (Å²) in [5.41, 5.74) is -2.63. The van der Waals surface area contributed by atoms with Crippen molar-refractivity contribution < 1.29 is 140 Å². The molecule has 19 N–H and O–H groups in total. The molecule has 0 spiro atoms. The zero-order chi connectivity index (χ0) is 64.8. The van der Waals surface area contributed by atoms with Crippen LogP contribution >= 0.6 is 0 Å². The smallest absolute Gasteiger partial charge is 0.187 e. The molecule has 5 heterocycles. The Morgan fingerprint density at radius 1 is 0.545 bits per heavy atom. The highest BCUT2D eigenvalue weighted by Crippen LogP contribution is 2.75. The lowest BCUT2D eigenvalue weighted by atomic mass is 9.38. The van der Waals surface area contributed by atoms with Crippen molar-refractivity contribution in [2.75, 3.05) is 33.0 Å². The molecular formula is C60H102O28. The fraction of sp³-hybridized carbons (Fsp3) is 0.967. The van der Waals surface area contributed by atoms with E-state index in [1.807, 2.05) is 13.8 Å². The number of ether oxygens (including phenoxy) is 9. The zero-order valence-corrected chi connectivity index (χ0v) is 51.4. The average Bonchev–Trinajstić information content (AvgIpc) is 1.23. The van der Waals surface area contributed by atoms with E-state index in [9.17, 15) is 97.0 Å². The highest BCUT2D eigenvalue weighted by molar-refractivity contribution is 5.32. The summed E-state index contributed by atoms with van der Waals surface area (Å²) >= 11 is 0. The van der Waals surface area contributed by atoms with E-state index >= 15 is 0 Å². The maximum Gasteiger partial charge on any atom is 0.187 e. The normalized spacial score (nSPS) is 52.2. The average molecular weight is 1270 g/mol. The molecule has 3 saturated carbocycles. The molecule has 0 aromatic heterocycles. The summed E-state index contributed by atoms with van der Waals surface area (Å²) in [5, 5.41) is 207. The van der Waals surface area contributed by atoms with E-state index in [-0.39, 0.29) is 40.9 Å². The molecule has 35 atom stereocenters. The van der Waals surface area contributed by atoms with E-state index in [1.54, 1.807) is 0 Å². The summed E-state index contributed by atoms with van der Waals surface area (Å²) in [7, 11) is 0. The molecule has 9 rings (SSSR count). The molecule has 0 radical (unpaired) electrons. The van der Waals surface area contributed by atoms with Gasteiger partial charge in [-0.15, -0.1) is 0 Å². The Bertz CT molecular complexity index is 2330. The first-order chi connectivity index (χ1) is 41.2. The van der Waals surface area contributed by atoms with Gasteiger partial charge >= 0.3 is 0 Å². The highest BCUT2D eigenvalue weighted by Gasteiger charge is 2.71. The summed E-state index contributed by atoms with van der Waals surface area (Å²) in [4.78, 5) is 0. The molecule has 9 aliphatic rings. The third kappa shape index (κ3) is 12.4. The predicted octanol–water partition coefficient (Wildman–Crippen LogP) is -5.13. The fourth-order valence-electron chi connectivity index (χ4n) is 17.5. The standard InChI is InChI=1S/C60H102O28/c1-23(9-13-35(57(4,5)79)87-55-51(46(75)40(69)30(21-64)84-55)88-54-49(78)45(74)39(68)29(20-63)83-54)24-15-16-58(6)32-12-10-25-26(60(32,8)33(65)17-59(24,58)7)11-14-34(56(25,2)3)86-52-36(50-47(76)43(72)37(66)27(18-61)81-50)42(71)41(70)31(85-52)22-80-53-48(77)44(73)38(67)28(19-62)82-53/h10,23-24,26-55,61-79H,9,11-22H2,1-8H3/t23-,24?,26?,27+,28-,29+,30-,31-,32?,33-,34+,35-,36+,37+,38-,39+,40-,41-,42-,43-,44+,45-,46+,47+,48-,49+,50?,51-,52+,53-,54-,55+,58+,59-,60+/m1/s1. The Morgan fingerprint density at radius 3 is 1.64 bits per heavy atom. The van der Waals surface area contributed by atoms with Gasteiger partial charge in [-0.1, -0.05) is 53.2 Å². The molecule has 4 aliphatic carbocycles. The lowest BCUT2D eigenvalue weighted by Gasteiger charge is -2.67. The molecule has 0 bridgehead atoms. The number of rotatable bonds is 19. The largest absolute Gasteiger partial charge is 0.394 e. The van der Waals surface area contributed by atoms with Crippen LogP contribution in [0.15, 0.2) is 11.6 Å². The van der Waals surface area contributed by atoms with E-state index in [2.05, 4.69) is 33.8 Å². The van der Waals surface area contributed by atoms with Crippen LogP contribution in [0.2, 0.25) is 0 Å². The summed E-state index contributed by atoms with van der Waals surface area (Å²) < 4.78 is 54.5. The van der Waals surface area contributed by atoms with E-state index in [1.165, 1.54) is 13.8 Å². The van der Waals surface area contributed by atoms with Crippen LogP contribution in [0.4, 0.5) is 0 Å². The van der Waals surface area contributed by atoms with E-state index in [0.717, 1.165) is 18.4 Å². The van der Waals surface area contributed by atoms with Crippen LogP contribution in [0.5, 0.6) is 0 Å². The Balaban J connectivity index is 0.918. The van der Waals surface area contributed by atoms with Crippen molar-refractivity contribution in [2.24, 2.45) is 51.2 Å². The molecule has 28 heteroatoms. The van der Waals surface area contributed by atoms with Gasteiger partial charge < -0.3 is 140 Å². The summed E-state index contributed by atoms with van der Waals surface area (Å²) in [6, 6.07) is 0. The van der Waals surface area contributed by atoms with Crippen LogP contribution < -0.4 is 0 Å². The van der Waals surface area contributed by atoms with Crippen molar-refractivity contribution in [3.8, 4) is 0 Å². The predicted molar refractivity (Wildman–Crippen MR) is 299 cm³/mol. The molecule has 510 valence electrons. The van der Waals surface area contributed by atoms with Crippen LogP contribution in [-0.4, -0.2) is 301 Å². The van der Waals surface area contributed by atoms with E-state index in [4.69, 9.17) is 42.6 Å². The number of aliphatic hydroxyl groups excluding tert-OH is 18. The fourth-order valence-corrected chi connectivity index (χ4v) is 17.5. The van der Waals surface area contributed by atoms with Gasteiger partial charge in [-0.3, -0.25) is 0 Å². The number of fused-ring (bicyclic) bond motifs is 5. The Kier molecular flexibility index (Phi) is 21.8. The van der Waals surface area contributed by atoms with Crippen LogP contribution in [0.3, 0.4) is 0 Å². The molecule has 28 nitrogen and oxygen atoms in total. The highest BCUT2D eigenvalue weighted by atomic mass is 16.8. The minimum atomic E-state index is -1.88. The van der Waals surface area contributed by atoms with Gasteiger partial charge in [-0.25, -0.2) is 0 Å². The topological polar surface area (TPSA) is 467 Å². The number of aliphatic hydroxyl groups is 19.